The van der Waals surface area contributed by atoms with Gasteiger partial charge in [-0.05, 0) is 24.6 Å². The number of rotatable bonds is 2. The van der Waals surface area contributed by atoms with Gasteiger partial charge in [-0.2, -0.15) is 0 Å². The second-order valence-electron chi connectivity index (χ2n) is 4.23. The van der Waals surface area contributed by atoms with Gasteiger partial charge in [-0.1, -0.05) is 6.07 Å². The first-order valence-corrected chi connectivity index (χ1v) is 5.71. The molecule has 0 bridgehead atoms. The van der Waals surface area contributed by atoms with Gasteiger partial charge in [0.2, 0.25) is 0 Å². The van der Waals surface area contributed by atoms with E-state index in [1.54, 1.807) is 6.92 Å². The van der Waals surface area contributed by atoms with Crippen molar-refractivity contribution in [3.05, 3.63) is 23.8 Å². The van der Waals surface area contributed by atoms with Crippen molar-refractivity contribution < 1.29 is 5.11 Å². The first-order chi connectivity index (χ1) is 7.68. The number of piperazine rings is 1. The number of aliphatic hydroxyl groups is 1. The molecule has 0 unspecified atom stereocenters. The van der Waals surface area contributed by atoms with Gasteiger partial charge in [0.05, 0.1) is 17.5 Å². The summed E-state index contributed by atoms with van der Waals surface area (Å²) in [5.41, 5.74) is 8.71. The predicted molar refractivity (Wildman–Crippen MR) is 66.6 cm³/mol. The normalized spacial score (nSPS) is 18.5. The Bertz CT molecular complexity index is 359. The van der Waals surface area contributed by atoms with Crippen LogP contribution in [0.4, 0.5) is 11.4 Å². The Labute approximate surface area is 96.1 Å². The zero-order chi connectivity index (χ0) is 11.5. The highest BCUT2D eigenvalue weighted by Gasteiger charge is 2.13. The van der Waals surface area contributed by atoms with Crippen molar-refractivity contribution >= 4 is 11.4 Å². The molecular formula is C12H19N3O. The third-order valence-electron chi connectivity index (χ3n) is 2.99. The maximum atomic E-state index is 9.47. The Morgan fingerprint density at radius 2 is 2.06 bits per heavy atom. The molecule has 1 saturated heterocycles. The molecule has 0 radical (unpaired) electrons. The second-order valence-corrected chi connectivity index (χ2v) is 4.23. The van der Waals surface area contributed by atoms with Crippen LogP contribution in [-0.2, 0) is 0 Å². The van der Waals surface area contributed by atoms with Crippen LogP contribution >= 0.6 is 0 Å². The van der Waals surface area contributed by atoms with Crippen molar-refractivity contribution in [2.75, 3.05) is 36.8 Å². The lowest BCUT2D eigenvalue weighted by Gasteiger charge is -2.30. The number of nitrogens with zero attached hydrogens (tertiary/aromatic N) is 1. The summed E-state index contributed by atoms with van der Waals surface area (Å²) in [6.45, 7) is 5.71. The first-order valence-electron chi connectivity index (χ1n) is 5.71. The van der Waals surface area contributed by atoms with Crippen LogP contribution in [0.2, 0.25) is 0 Å². The molecule has 1 aliphatic rings. The molecule has 2 rings (SSSR count). The number of nitrogen functional groups attached to an aromatic ring is 1. The van der Waals surface area contributed by atoms with Crippen LogP contribution in [0, 0.1) is 0 Å². The van der Waals surface area contributed by atoms with E-state index in [2.05, 4.69) is 10.2 Å². The highest BCUT2D eigenvalue weighted by Crippen LogP contribution is 2.26. The minimum atomic E-state index is -0.459. The minimum Gasteiger partial charge on any atom is -0.397 e. The van der Waals surface area contributed by atoms with Crippen molar-refractivity contribution in [2.45, 2.75) is 13.0 Å². The summed E-state index contributed by atoms with van der Waals surface area (Å²) in [6.07, 6.45) is -0.459. The summed E-state index contributed by atoms with van der Waals surface area (Å²) < 4.78 is 0. The Morgan fingerprint density at radius 1 is 1.38 bits per heavy atom. The summed E-state index contributed by atoms with van der Waals surface area (Å²) in [7, 11) is 0. The van der Waals surface area contributed by atoms with Gasteiger partial charge >= 0.3 is 0 Å². The van der Waals surface area contributed by atoms with E-state index in [-0.39, 0.29) is 0 Å². The van der Waals surface area contributed by atoms with E-state index < -0.39 is 6.10 Å². The Balaban J connectivity index is 2.21. The zero-order valence-corrected chi connectivity index (χ0v) is 9.61. The Hall–Kier alpha value is -1.26. The summed E-state index contributed by atoms with van der Waals surface area (Å²) >= 11 is 0. The van der Waals surface area contributed by atoms with Crippen molar-refractivity contribution in [3.63, 3.8) is 0 Å². The molecule has 0 aliphatic carbocycles. The van der Waals surface area contributed by atoms with Gasteiger partial charge in [-0.25, -0.2) is 0 Å². The van der Waals surface area contributed by atoms with Gasteiger partial charge in [0.1, 0.15) is 0 Å². The molecule has 1 aromatic carbocycles. The van der Waals surface area contributed by atoms with Gasteiger partial charge in [-0.3, -0.25) is 0 Å². The van der Waals surface area contributed by atoms with Crippen molar-refractivity contribution in [2.24, 2.45) is 0 Å². The number of hydrogen-bond acceptors (Lipinski definition) is 4. The van der Waals surface area contributed by atoms with E-state index in [9.17, 15) is 5.11 Å². The molecular weight excluding hydrogens is 202 g/mol. The highest BCUT2D eigenvalue weighted by atomic mass is 16.3. The molecule has 16 heavy (non-hydrogen) atoms. The monoisotopic (exact) mass is 221 g/mol. The number of nitrogens with two attached hydrogens (primary N) is 1. The molecule has 1 aromatic rings. The number of nitrogens with one attached hydrogen (secondary N) is 1. The summed E-state index contributed by atoms with van der Waals surface area (Å²) in [6, 6.07) is 5.81. The SMILES string of the molecule is C[C@@H](O)c1ccc(N2CCNCC2)c(N)c1. The lowest BCUT2D eigenvalue weighted by atomic mass is 10.1. The van der Waals surface area contributed by atoms with E-state index in [0.29, 0.717) is 0 Å². The Morgan fingerprint density at radius 3 is 2.62 bits per heavy atom. The molecule has 4 nitrogen and oxygen atoms in total. The summed E-state index contributed by atoms with van der Waals surface area (Å²) in [5.74, 6) is 0. The van der Waals surface area contributed by atoms with E-state index in [1.165, 1.54) is 0 Å². The topological polar surface area (TPSA) is 61.5 Å². The fourth-order valence-electron chi connectivity index (χ4n) is 2.03. The van der Waals surface area contributed by atoms with Crippen molar-refractivity contribution in [1.29, 1.82) is 0 Å². The van der Waals surface area contributed by atoms with Crippen LogP contribution in [0.1, 0.15) is 18.6 Å². The fraction of sp³-hybridized carbons (Fsp3) is 0.500. The summed E-state index contributed by atoms with van der Waals surface area (Å²) in [5, 5.41) is 12.8. The van der Waals surface area contributed by atoms with Gasteiger partial charge in [0, 0.05) is 26.2 Å². The molecule has 88 valence electrons. The molecule has 0 aromatic heterocycles. The van der Waals surface area contributed by atoms with Crippen LogP contribution in [0.3, 0.4) is 0 Å². The molecule has 1 atom stereocenters. The predicted octanol–water partition coefficient (Wildman–Crippen LogP) is 0.732. The molecule has 0 spiro atoms. The van der Waals surface area contributed by atoms with Crippen molar-refractivity contribution in [1.82, 2.24) is 5.32 Å². The van der Waals surface area contributed by atoms with Crippen LogP contribution in [0.5, 0.6) is 0 Å². The maximum absolute atomic E-state index is 9.47. The third kappa shape index (κ3) is 2.28. The van der Waals surface area contributed by atoms with E-state index in [4.69, 9.17) is 5.73 Å². The molecule has 4 heteroatoms. The van der Waals surface area contributed by atoms with E-state index in [1.807, 2.05) is 18.2 Å². The van der Waals surface area contributed by atoms with Gasteiger partial charge in [-0.15, -0.1) is 0 Å². The van der Waals surface area contributed by atoms with Crippen LogP contribution in [0.25, 0.3) is 0 Å². The number of benzene rings is 1. The third-order valence-corrected chi connectivity index (χ3v) is 2.99. The average molecular weight is 221 g/mol. The van der Waals surface area contributed by atoms with Crippen LogP contribution in [-0.4, -0.2) is 31.3 Å². The largest absolute Gasteiger partial charge is 0.397 e. The first kappa shape index (κ1) is 11.2. The maximum Gasteiger partial charge on any atom is 0.0762 e. The number of aliphatic hydroxyl groups excluding tert-OH is 1. The van der Waals surface area contributed by atoms with Crippen molar-refractivity contribution in [3.8, 4) is 0 Å². The second kappa shape index (κ2) is 4.72. The molecule has 1 fully saturated rings. The van der Waals surface area contributed by atoms with Crippen LogP contribution in [0.15, 0.2) is 18.2 Å². The lowest BCUT2D eigenvalue weighted by Crippen LogP contribution is -2.43. The van der Waals surface area contributed by atoms with E-state index >= 15 is 0 Å². The van der Waals surface area contributed by atoms with Gasteiger partial charge in [0.25, 0.3) is 0 Å². The average Bonchev–Trinajstić information content (AvgIpc) is 2.30. The molecule has 0 amide bonds. The zero-order valence-electron chi connectivity index (χ0n) is 9.61. The number of hydrogen-bond donors (Lipinski definition) is 3. The van der Waals surface area contributed by atoms with Crippen LogP contribution < -0.4 is 16.0 Å². The number of anilines is 2. The highest BCUT2D eigenvalue weighted by molar-refractivity contribution is 5.68. The van der Waals surface area contributed by atoms with E-state index in [0.717, 1.165) is 43.1 Å². The molecule has 1 aliphatic heterocycles. The van der Waals surface area contributed by atoms with Gasteiger partial charge in [0.15, 0.2) is 0 Å². The fourth-order valence-corrected chi connectivity index (χ4v) is 2.03. The minimum absolute atomic E-state index is 0.459. The lowest BCUT2D eigenvalue weighted by molar-refractivity contribution is 0.199. The molecule has 4 N–H and O–H groups in total. The Kier molecular flexibility index (Phi) is 3.31. The quantitative estimate of drug-likeness (QED) is 0.644. The van der Waals surface area contributed by atoms with Gasteiger partial charge < -0.3 is 21.1 Å². The standard InChI is InChI=1S/C12H19N3O/c1-9(16)10-2-3-12(11(13)8-10)15-6-4-14-5-7-15/h2-3,8-9,14,16H,4-7,13H2,1H3/t9-/m1/s1. The smallest absolute Gasteiger partial charge is 0.0762 e. The molecule has 0 saturated carbocycles. The molecule has 1 heterocycles. The summed E-state index contributed by atoms with van der Waals surface area (Å²) in [4.78, 5) is 2.28.